The highest BCUT2D eigenvalue weighted by atomic mass is 32.2. The summed E-state index contributed by atoms with van der Waals surface area (Å²) in [4.78, 5) is 14.8. The van der Waals surface area contributed by atoms with E-state index >= 15 is 0 Å². The molecule has 1 saturated heterocycles. The number of rotatable bonds is 6. The fourth-order valence-electron chi connectivity index (χ4n) is 3.30. The molecule has 4 rings (SSSR count). The van der Waals surface area contributed by atoms with Crippen molar-refractivity contribution in [3.05, 3.63) is 84.2 Å². The zero-order chi connectivity index (χ0) is 22.6. The number of sulfonamides is 1. The summed E-state index contributed by atoms with van der Waals surface area (Å²) in [5.41, 5.74) is 2.25. The predicted molar refractivity (Wildman–Crippen MR) is 121 cm³/mol. The predicted octanol–water partition coefficient (Wildman–Crippen LogP) is 3.72. The van der Waals surface area contributed by atoms with Crippen molar-refractivity contribution in [3.63, 3.8) is 0 Å². The molecular weight excluding hydrogens is 433 g/mol. The lowest BCUT2D eigenvalue weighted by Crippen LogP contribution is -2.36. The maximum absolute atomic E-state index is 13.0. The number of nitrogens with zero attached hydrogens (tertiary/aromatic N) is 1. The van der Waals surface area contributed by atoms with E-state index in [-0.39, 0.29) is 16.5 Å². The van der Waals surface area contributed by atoms with Crippen LogP contribution in [0.3, 0.4) is 0 Å². The monoisotopic (exact) mass is 455 g/mol. The second-order valence-electron chi connectivity index (χ2n) is 7.24. The smallest absolute Gasteiger partial charge is 0.261 e. The zero-order valence-corrected chi connectivity index (χ0v) is 17.9. The van der Waals surface area contributed by atoms with Crippen LogP contribution in [-0.2, 0) is 14.8 Å². The molecule has 1 aliphatic rings. The number of hydrogen-bond acceptors (Lipinski definition) is 5. The third kappa shape index (κ3) is 5.24. The highest BCUT2D eigenvalue weighted by molar-refractivity contribution is 7.92. The second kappa shape index (κ2) is 9.37. The molecule has 3 aromatic carbocycles. The van der Waals surface area contributed by atoms with Crippen molar-refractivity contribution in [2.75, 3.05) is 41.2 Å². The molecule has 1 amide bonds. The lowest BCUT2D eigenvalue weighted by Gasteiger charge is -2.28. The third-order valence-corrected chi connectivity index (χ3v) is 6.42. The van der Waals surface area contributed by atoms with Gasteiger partial charge in [0.2, 0.25) is 0 Å². The first-order chi connectivity index (χ1) is 15.4. The van der Waals surface area contributed by atoms with Crippen molar-refractivity contribution in [1.29, 1.82) is 0 Å². The molecule has 166 valence electrons. The summed E-state index contributed by atoms with van der Waals surface area (Å²) < 4.78 is 45.7. The van der Waals surface area contributed by atoms with Crippen molar-refractivity contribution >= 4 is 33.0 Å². The standard InChI is InChI=1S/C23H22FN3O4S/c24-18-3-5-20(6-4-18)26-32(29,30)22-11-7-19(8-12-22)25-23(28)17-1-9-21(10-2-17)27-13-15-31-16-14-27/h1-12,26H,13-16H2,(H,25,28). The molecule has 0 unspecified atom stereocenters. The first-order valence-corrected chi connectivity index (χ1v) is 11.5. The first-order valence-electron chi connectivity index (χ1n) is 10.0. The molecule has 0 atom stereocenters. The molecule has 2 N–H and O–H groups in total. The molecule has 0 aliphatic carbocycles. The highest BCUT2D eigenvalue weighted by Crippen LogP contribution is 2.20. The Morgan fingerprint density at radius 2 is 1.44 bits per heavy atom. The summed E-state index contributed by atoms with van der Waals surface area (Å²) in [6, 6.07) is 18.1. The van der Waals surface area contributed by atoms with Gasteiger partial charge in [0.25, 0.3) is 15.9 Å². The van der Waals surface area contributed by atoms with Crippen LogP contribution >= 0.6 is 0 Å². The number of morpholine rings is 1. The molecule has 0 spiro atoms. The van der Waals surface area contributed by atoms with E-state index in [1.807, 2.05) is 12.1 Å². The minimum absolute atomic E-state index is 0.0229. The van der Waals surface area contributed by atoms with Gasteiger partial charge in [-0.25, -0.2) is 12.8 Å². The molecule has 0 aromatic heterocycles. The van der Waals surface area contributed by atoms with Gasteiger partial charge in [0.1, 0.15) is 5.82 Å². The average Bonchev–Trinajstić information content (AvgIpc) is 2.81. The maximum atomic E-state index is 13.0. The number of hydrogen-bond donors (Lipinski definition) is 2. The molecule has 32 heavy (non-hydrogen) atoms. The van der Waals surface area contributed by atoms with Gasteiger partial charge in [-0.2, -0.15) is 0 Å². The zero-order valence-electron chi connectivity index (χ0n) is 17.1. The topological polar surface area (TPSA) is 87.7 Å². The minimum Gasteiger partial charge on any atom is -0.378 e. The molecule has 0 radical (unpaired) electrons. The Labute approximate surface area is 185 Å². The van der Waals surface area contributed by atoms with Gasteiger partial charge in [-0.15, -0.1) is 0 Å². The van der Waals surface area contributed by atoms with E-state index in [2.05, 4.69) is 14.9 Å². The molecule has 9 heteroatoms. The molecule has 1 heterocycles. The van der Waals surface area contributed by atoms with Gasteiger partial charge in [0.15, 0.2) is 0 Å². The Hall–Kier alpha value is -3.43. The van der Waals surface area contributed by atoms with Crippen molar-refractivity contribution in [1.82, 2.24) is 0 Å². The van der Waals surface area contributed by atoms with E-state index < -0.39 is 15.8 Å². The highest BCUT2D eigenvalue weighted by Gasteiger charge is 2.15. The number of halogens is 1. The van der Waals surface area contributed by atoms with Crippen molar-refractivity contribution in [2.24, 2.45) is 0 Å². The number of benzene rings is 3. The summed E-state index contributed by atoms with van der Waals surface area (Å²) >= 11 is 0. The van der Waals surface area contributed by atoms with Crippen LogP contribution in [-0.4, -0.2) is 40.6 Å². The van der Waals surface area contributed by atoms with Crippen LogP contribution in [0, 0.1) is 5.82 Å². The number of nitrogens with one attached hydrogen (secondary N) is 2. The molecule has 0 bridgehead atoms. The lowest BCUT2D eigenvalue weighted by molar-refractivity contribution is 0.102. The average molecular weight is 456 g/mol. The number of anilines is 3. The summed E-state index contributed by atoms with van der Waals surface area (Å²) in [5, 5.41) is 2.76. The van der Waals surface area contributed by atoms with Crippen LogP contribution in [0.25, 0.3) is 0 Å². The van der Waals surface area contributed by atoms with E-state index in [1.165, 1.54) is 48.5 Å². The summed E-state index contributed by atoms with van der Waals surface area (Å²) in [7, 11) is -3.84. The Kier molecular flexibility index (Phi) is 6.38. The Morgan fingerprint density at radius 1 is 0.844 bits per heavy atom. The summed E-state index contributed by atoms with van der Waals surface area (Å²) in [6.07, 6.45) is 0. The molecule has 1 aliphatic heterocycles. The van der Waals surface area contributed by atoms with Crippen LogP contribution in [0.2, 0.25) is 0 Å². The van der Waals surface area contributed by atoms with Gasteiger partial charge in [0, 0.05) is 35.7 Å². The van der Waals surface area contributed by atoms with Crippen LogP contribution in [0.1, 0.15) is 10.4 Å². The van der Waals surface area contributed by atoms with E-state index in [1.54, 1.807) is 12.1 Å². The number of ether oxygens (including phenoxy) is 1. The van der Waals surface area contributed by atoms with Crippen LogP contribution in [0.4, 0.5) is 21.5 Å². The third-order valence-electron chi connectivity index (χ3n) is 5.02. The minimum atomic E-state index is -3.84. The van der Waals surface area contributed by atoms with E-state index in [0.717, 1.165) is 18.8 Å². The van der Waals surface area contributed by atoms with Crippen LogP contribution in [0.5, 0.6) is 0 Å². The lowest BCUT2D eigenvalue weighted by atomic mass is 10.1. The first kappa shape index (κ1) is 21.8. The Balaban J connectivity index is 1.39. The van der Waals surface area contributed by atoms with Gasteiger partial charge in [0.05, 0.1) is 18.1 Å². The van der Waals surface area contributed by atoms with Crippen molar-refractivity contribution in [3.8, 4) is 0 Å². The van der Waals surface area contributed by atoms with Gasteiger partial charge < -0.3 is 15.0 Å². The van der Waals surface area contributed by atoms with Crippen molar-refractivity contribution < 1.29 is 22.3 Å². The summed E-state index contributed by atoms with van der Waals surface area (Å²) in [5.74, 6) is -0.748. The molecule has 1 fully saturated rings. The van der Waals surface area contributed by atoms with E-state index in [0.29, 0.717) is 24.5 Å². The van der Waals surface area contributed by atoms with Gasteiger partial charge in [-0.1, -0.05) is 0 Å². The second-order valence-corrected chi connectivity index (χ2v) is 8.92. The van der Waals surface area contributed by atoms with Gasteiger partial charge >= 0.3 is 0 Å². The van der Waals surface area contributed by atoms with Gasteiger partial charge in [-0.05, 0) is 72.8 Å². The SMILES string of the molecule is O=C(Nc1ccc(S(=O)(=O)Nc2ccc(F)cc2)cc1)c1ccc(N2CCOCC2)cc1. The normalized spacial score (nSPS) is 14.1. The molecular formula is C23H22FN3O4S. The molecule has 7 nitrogen and oxygen atoms in total. The molecule has 0 saturated carbocycles. The van der Waals surface area contributed by atoms with E-state index in [4.69, 9.17) is 4.74 Å². The Morgan fingerprint density at radius 3 is 2.06 bits per heavy atom. The fourth-order valence-corrected chi connectivity index (χ4v) is 4.36. The number of carbonyl (C=O) groups excluding carboxylic acids is 1. The van der Waals surface area contributed by atoms with Crippen molar-refractivity contribution in [2.45, 2.75) is 4.90 Å². The number of carbonyl (C=O) groups is 1. The summed E-state index contributed by atoms with van der Waals surface area (Å²) in [6.45, 7) is 3.01. The van der Waals surface area contributed by atoms with Gasteiger partial charge in [-0.3, -0.25) is 9.52 Å². The van der Waals surface area contributed by atoms with Crippen LogP contribution < -0.4 is 14.9 Å². The quantitative estimate of drug-likeness (QED) is 0.592. The number of amides is 1. The largest absolute Gasteiger partial charge is 0.378 e. The maximum Gasteiger partial charge on any atom is 0.261 e. The molecule has 3 aromatic rings. The van der Waals surface area contributed by atoms with E-state index in [9.17, 15) is 17.6 Å². The Bertz CT molecular complexity index is 1180. The van der Waals surface area contributed by atoms with Crippen LogP contribution in [0.15, 0.2) is 77.7 Å². The fraction of sp³-hybridized carbons (Fsp3) is 0.174.